The van der Waals surface area contributed by atoms with Gasteiger partial charge in [-0.15, -0.1) is 0 Å². The van der Waals surface area contributed by atoms with Gasteiger partial charge in [0.2, 0.25) is 11.8 Å². The zero-order chi connectivity index (χ0) is 19.3. The molecule has 0 saturated carbocycles. The van der Waals surface area contributed by atoms with E-state index in [1.807, 2.05) is 37.3 Å². The van der Waals surface area contributed by atoms with Crippen LogP contribution >= 0.6 is 0 Å². The third-order valence-corrected chi connectivity index (χ3v) is 4.22. The lowest BCUT2D eigenvalue weighted by Crippen LogP contribution is -2.45. The van der Waals surface area contributed by atoms with Gasteiger partial charge in [-0.3, -0.25) is 10.1 Å². The van der Waals surface area contributed by atoms with Crippen LogP contribution in [0.25, 0.3) is 11.3 Å². The minimum absolute atomic E-state index is 0.0665. The molecule has 2 atom stereocenters. The van der Waals surface area contributed by atoms with Crippen LogP contribution in [0.2, 0.25) is 0 Å². The Morgan fingerprint density at radius 1 is 1.15 bits per heavy atom. The largest absolute Gasteiger partial charge is 0.338 e. The van der Waals surface area contributed by atoms with Crippen LogP contribution in [0.15, 0.2) is 40.9 Å². The molecule has 0 radical (unpaired) electrons. The molecule has 2 rings (SSSR count). The second kappa shape index (κ2) is 8.49. The number of anilines is 1. The molecule has 26 heavy (non-hydrogen) atoms. The van der Waals surface area contributed by atoms with E-state index in [9.17, 15) is 4.79 Å². The monoisotopic (exact) mass is 357 g/mol. The predicted octanol–water partition coefficient (Wildman–Crippen LogP) is 4.72. The molecule has 1 aromatic heterocycles. The van der Waals surface area contributed by atoms with E-state index in [0.717, 1.165) is 12.0 Å². The summed E-state index contributed by atoms with van der Waals surface area (Å²) >= 11 is 0. The number of hydrogen-bond acceptors (Lipinski definition) is 4. The fourth-order valence-electron chi connectivity index (χ4n) is 2.97. The van der Waals surface area contributed by atoms with E-state index in [4.69, 9.17) is 4.52 Å². The lowest BCUT2D eigenvalue weighted by Gasteiger charge is -2.32. The highest BCUT2D eigenvalue weighted by Gasteiger charge is 2.29. The molecule has 0 spiro atoms. The molecule has 1 aromatic carbocycles. The number of hydrogen-bond donors (Lipinski definition) is 2. The molecule has 0 bridgehead atoms. The molecule has 0 aliphatic carbocycles. The third-order valence-electron chi connectivity index (χ3n) is 4.22. The number of rotatable bonds is 7. The summed E-state index contributed by atoms with van der Waals surface area (Å²) in [6.07, 6.45) is 0.908. The van der Waals surface area contributed by atoms with Gasteiger partial charge in [0, 0.05) is 23.7 Å². The highest BCUT2D eigenvalue weighted by atomic mass is 16.5. The predicted molar refractivity (Wildman–Crippen MR) is 106 cm³/mol. The molecule has 5 nitrogen and oxygen atoms in total. The fraction of sp³-hybridized carbons (Fsp3) is 0.524. The minimum Gasteiger partial charge on any atom is -0.338 e. The highest BCUT2D eigenvalue weighted by molar-refractivity contribution is 5.92. The zero-order valence-electron chi connectivity index (χ0n) is 16.7. The van der Waals surface area contributed by atoms with Crippen molar-refractivity contribution in [3.05, 3.63) is 36.4 Å². The molecule has 2 unspecified atom stereocenters. The number of benzene rings is 1. The Morgan fingerprint density at radius 3 is 2.38 bits per heavy atom. The average Bonchev–Trinajstić information content (AvgIpc) is 3.01. The van der Waals surface area contributed by atoms with E-state index < -0.39 is 0 Å². The van der Waals surface area contributed by atoms with Crippen LogP contribution in [0, 0.1) is 11.3 Å². The van der Waals surface area contributed by atoms with Gasteiger partial charge in [0.15, 0.2) is 0 Å². The molecular formula is C21H31N3O2. The smallest absolute Gasteiger partial charge is 0.231 e. The number of carbonyl (C=O) groups excluding carboxylic acids is 1. The maximum absolute atomic E-state index is 12.7. The van der Waals surface area contributed by atoms with Crippen molar-refractivity contribution in [1.82, 2.24) is 10.5 Å². The van der Waals surface area contributed by atoms with Crippen molar-refractivity contribution in [2.75, 3.05) is 5.32 Å². The van der Waals surface area contributed by atoms with Crippen LogP contribution in [0.4, 0.5) is 5.88 Å². The first-order valence-electron chi connectivity index (χ1n) is 9.25. The molecule has 142 valence electrons. The van der Waals surface area contributed by atoms with Gasteiger partial charge in [-0.25, -0.2) is 0 Å². The van der Waals surface area contributed by atoms with Gasteiger partial charge in [0.25, 0.3) is 0 Å². The topological polar surface area (TPSA) is 67.2 Å². The van der Waals surface area contributed by atoms with Crippen LogP contribution in [0.3, 0.4) is 0 Å². The summed E-state index contributed by atoms with van der Waals surface area (Å²) in [5.74, 6) is 0.116. The first kappa shape index (κ1) is 20.2. The lowest BCUT2D eigenvalue weighted by atomic mass is 9.83. The third kappa shape index (κ3) is 5.99. The Kier molecular flexibility index (Phi) is 6.59. The maximum atomic E-state index is 12.7. The summed E-state index contributed by atoms with van der Waals surface area (Å²) in [5.41, 5.74) is 1.80. The summed E-state index contributed by atoms with van der Waals surface area (Å²) in [7, 11) is 0. The Balaban J connectivity index is 2.06. The number of aromatic nitrogens is 1. The number of carbonyl (C=O) groups is 1. The van der Waals surface area contributed by atoms with Crippen LogP contribution in [-0.4, -0.2) is 23.1 Å². The summed E-state index contributed by atoms with van der Waals surface area (Å²) in [4.78, 5) is 12.7. The summed E-state index contributed by atoms with van der Waals surface area (Å²) in [6.45, 7) is 12.7. The van der Waals surface area contributed by atoms with E-state index >= 15 is 0 Å². The van der Waals surface area contributed by atoms with Crippen molar-refractivity contribution < 1.29 is 9.32 Å². The SMILES string of the molecule is CC(C)NC(CC(C)(C)C)C(C)C(=O)Nc1cc(-c2ccccc2)no1. The van der Waals surface area contributed by atoms with Gasteiger partial charge in [0.05, 0.1) is 5.92 Å². The van der Waals surface area contributed by atoms with Crippen molar-refractivity contribution in [1.29, 1.82) is 0 Å². The Hall–Kier alpha value is -2.14. The summed E-state index contributed by atoms with van der Waals surface area (Å²) < 4.78 is 5.30. The highest BCUT2D eigenvalue weighted by Crippen LogP contribution is 2.26. The maximum Gasteiger partial charge on any atom is 0.231 e. The standard InChI is InChI=1S/C21H31N3O2/c1-14(2)22-18(13-21(4,5)6)15(3)20(25)23-19-12-17(24-26-19)16-10-8-7-9-11-16/h7-12,14-15,18,22H,13H2,1-6H3,(H,23,25). The quantitative estimate of drug-likeness (QED) is 0.752. The van der Waals surface area contributed by atoms with Gasteiger partial charge < -0.3 is 9.84 Å². The first-order valence-corrected chi connectivity index (χ1v) is 9.25. The molecule has 5 heteroatoms. The Bertz CT molecular complexity index is 702. The van der Waals surface area contributed by atoms with Crippen molar-refractivity contribution in [2.45, 2.75) is 60.0 Å². The Labute approximate surface area is 156 Å². The van der Waals surface area contributed by atoms with E-state index in [1.165, 1.54) is 0 Å². The second-order valence-electron chi connectivity index (χ2n) is 8.41. The molecule has 0 aliphatic heterocycles. The molecule has 1 heterocycles. The van der Waals surface area contributed by atoms with Gasteiger partial charge >= 0.3 is 0 Å². The molecule has 1 amide bonds. The molecule has 2 aromatic rings. The van der Waals surface area contributed by atoms with Crippen molar-refractivity contribution >= 4 is 11.8 Å². The molecule has 0 saturated heterocycles. The van der Waals surface area contributed by atoms with Gasteiger partial charge in [-0.2, -0.15) is 0 Å². The van der Waals surface area contributed by atoms with Crippen molar-refractivity contribution in [3.63, 3.8) is 0 Å². The van der Waals surface area contributed by atoms with Gasteiger partial charge in [-0.05, 0) is 11.8 Å². The van der Waals surface area contributed by atoms with Crippen LogP contribution in [0.5, 0.6) is 0 Å². The molecule has 0 fully saturated rings. The number of nitrogens with zero attached hydrogens (tertiary/aromatic N) is 1. The summed E-state index contributed by atoms with van der Waals surface area (Å²) in [5, 5.41) is 10.4. The van der Waals surface area contributed by atoms with E-state index in [1.54, 1.807) is 6.07 Å². The van der Waals surface area contributed by atoms with Crippen LogP contribution < -0.4 is 10.6 Å². The van der Waals surface area contributed by atoms with Crippen LogP contribution in [0.1, 0.15) is 48.0 Å². The fourth-order valence-corrected chi connectivity index (χ4v) is 2.97. The van der Waals surface area contributed by atoms with Gasteiger partial charge in [0.1, 0.15) is 5.69 Å². The first-order chi connectivity index (χ1) is 12.2. The van der Waals surface area contributed by atoms with Crippen molar-refractivity contribution in [2.24, 2.45) is 11.3 Å². The molecule has 2 N–H and O–H groups in total. The Morgan fingerprint density at radius 2 is 1.81 bits per heavy atom. The van der Waals surface area contributed by atoms with Crippen LogP contribution in [-0.2, 0) is 4.79 Å². The normalized spacial score (nSPS) is 14.3. The molecular weight excluding hydrogens is 326 g/mol. The average molecular weight is 357 g/mol. The minimum atomic E-state index is -0.193. The van der Waals surface area contributed by atoms with Crippen molar-refractivity contribution in [3.8, 4) is 11.3 Å². The lowest BCUT2D eigenvalue weighted by molar-refractivity contribution is -0.120. The number of amides is 1. The molecule has 0 aliphatic rings. The summed E-state index contributed by atoms with van der Waals surface area (Å²) in [6, 6.07) is 11.9. The zero-order valence-corrected chi connectivity index (χ0v) is 16.7. The van der Waals surface area contributed by atoms with Gasteiger partial charge in [-0.1, -0.05) is 77.0 Å². The van der Waals surface area contributed by atoms with E-state index in [0.29, 0.717) is 17.6 Å². The van der Waals surface area contributed by atoms with E-state index in [2.05, 4.69) is 50.4 Å². The number of nitrogens with one attached hydrogen (secondary N) is 2. The second-order valence-corrected chi connectivity index (χ2v) is 8.41. The van der Waals surface area contributed by atoms with E-state index in [-0.39, 0.29) is 23.3 Å².